The lowest BCUT2D eigenvalue weighted by molar-refractivity contribution is 0.341. The standard InChI is InChI=1S/C17H12O2/c18-14-8-13-17-16(19-17)12-7-2-1-4-9-15-10-5-3-6-11-15/h3,5-6,8,10-11,13,16-18H,14H2/t16-,17-/m0/s1. The maximum atomic E-state index is 8.58. The Kier molecular flexibility index (Phi) is 4.86. The molecular formula is C17H12O2. The van der Waals surface area contributed by atoms with Crippen molar-refractivity contribution in [3.05, 3.63) is 48.0 Å². The second-order valence-corrected chi connectivity index (χ2v) is 3.77. The highest BCUT2D eigenvalue weighted by Gasteiger charge is 2.34. The van der Waals surface area contributed by atoms with Gasteiger partial charge in [-0.05, 0) is 35.8 Å². The van der Waals surface area contributed by atoms with Crippen molar-refractivity contribution in [3.63, 3.8) is 0 Å². The summed E-state index contributed by atoms with van der Waals surface area (Å²) in [5.41, 5.74) is 0.935. The lowest BCUT2D eigenvalue weighted by Gasteiger charge is -1.83. The fourth-order valence-electron chi connectivity index (χ4n) is 1.38. The topological polar surface area (TPSA) is 32.8 Å². The molecule has 0 aromatic heterocycles. The molecular weight excluding hydrogens is 236 g/mol. The molecule has 1 aliphatic heterocycles. The number of aliphatic hydroxyl groups excluding tert-OH is 1. The monoisotopic (exact) mass is 248 g/mol. The van der Waals surface area contributed by atoms with Crippen molar-refractivity contribution >= 4 is 0 Å². The molecule has 1 aliphatic rings. The smallest absolute Gasteiger partial charge is 0.149 e. The second-order valence-electron chi connectivity index (χ2n) is 3.77. The molecule has 1 fully saturated rings. The van der Waals surface area contributed by atoms with Gasteiger partial charge in [-0.3, -0.25) is 0 Å². The molecule has 1 aromatic carbocycles. The van der Waals surface area contributed by atoms with Gasteiger partial charge in [-0.2, -0.15) is 0 Å². The van der Waals surface area contributed by atoms with Crippen LogP contribution < -0.4 is 0 Å². The molecule has 1 N–H and O–H groups in total. The molecule has 0 bridgehead atoms. The van der Waals surface area contributed by atoms with Crippen molar-refractivity contribution in [2.45, 2.75) is 12.2 Å². The molecule has 0 radical (unpaired) electrons. The van der Waals surface area contributed by atoms with Crippen molar-refractivity contribution in [1.82, 2.24) is 0 Å². The number of benzene rings is 1. The van der Waals surface area contributed by atoms with Gasteiger partial charge in [0.25, 0.3) is 0 Å². The van der Waals surface area contributed by atoms with Crippen LogP contribution in [-0.4, -0.2) is 23.9 Å². The summed E-state index contributed by atoms with van der Waals surface area (Å²) in [4.78, 5) is 0. The van der Waals surface area contributed by atoms with E-state index in [4.69, 9.17) is 9.84 Å². The van der Waals surface area contributed by atoms with E-state index >= 15 is 0 Å². The Morgan fingerprint density at radius 2 is 1.89 bits per heavy atom. The summed E-state index contributed by atoms with van der Waals surface area (Å²) in [6.45, 7) is 0.0227. The van der Waals surface area contributed by atoms with E-state index in [1.54, 1.807) is 12.2 Å². The van der Waals surface area contributed by atoms with Crippen LogP contribution >= 0.6 is 0 Å². The number of aliphatic hydroxyl groups is 1. The molecule has 0 unspecified atom stereocenters. The molecule has 2 rings (SSSR count). The van der Waals surface area contributed by atoms with Crippen LogP contribution in [0.15, 0.2) is 42.5 Å². The molecule has 1 aromatic rings. The molecule has 2 heteroatoms. The maximum Gasteiger partial charge on any atom is 0.149 e. The van der Waals surface area contributed by atoms with Gasteiger partial charge in [0.1, 0.15) is 12.2 Å². The molecule has 1 saturated heterocycles. The summed E-state index contributed by atoms with van der Waals surface area (Å²) in [6, 6.07) is 9.66. The van der Waals surface area contributed by atoms with Crippen LogP contribution in [0, 0.1) is 35.5 Å². The van der Waals surface area contributed by atoms with Gasteiger partial charge < -0.3 is 9.84 Å². The van der Waals surface area contributed by atoms with Crippen LogP contribution in [0.2, 0.25) is 0 Å². The van der Waals surface area contributed by atoms with E-state index in [0.717, 1.165) is 5.56 Å². The molecule has 2 atom stereocenters. The SMILES string of the molecule is OCC=C[C@@H]1O[C@H]1C#CC#CC#Cc1ccccc1. The van der Waals surface area contributed by atoms with E-state index in [9.17, 15) is 0 Å². The summed E-state index contributed by atoms with van der Waals surface area (Å²) in [6.07, 6.45) is 3.33. The van der Waals surface area contributed by atoms with E-state index < -0.39 is 0 Å². The molecule has 0 spiro atoms. The van der Waals surface area contributed by atoms with Crippen LogP contribution in [-0.2, 0) is 4.74 Å². The van der Waals surface area contributed by atoms with E-state index in [1.807, 2.05) is 30.3 Å². The van der Waals surface area contributed by atoms with Crippen LogP contribution in [0.25, 0.3) is 0 Å². The molecule has 1 heterocycles. The van der Waals surface area contributed by atoms with Gasteiger partial charge >= 0.3 is 0 Å². The van der Waals surface area contributed by atoms with E-state index in [-0.39, 0.29) is 18.8 Å². The number of epoxide rings is 1. The second kappa shape index (κ2) is 7.10. The first kappa shape index (κ1) is 13.0. The summed E-state index contributed by atoms with van der Waals surface area (Å²) in [5.74, 6) is 16.6. The normalized spacial score (nSPS) is 19.4. The lowest BCUT2D eigenvalue weighted by Crippen LogP contribution is -1.85. The third-order valence-corrected chi connectivity index (χ3v) is 2.34. The molecule has 2 nitrogen and oxygen atoms in total. The van der Waals surface area contributed by atoms with Crippen LogP contribution in [0.5, 0.6) is 0 Å². The Morgan fingerprint density at radius 3 is 2.68 bits per heavy atom. The summed E-state index contributed by atoms with van der Waals surface area (Å²) in [5, 5.41) is 8.58. The Balaban J connectivity index is 1.81. The molecule has 19 heavy (non-hydrogen) atoms. The van der Waals surface area contributed by atoms with Gasteiger partial charge in [0.2, 0.25) is 0 Å². The van der Waals surface area contributed by atoms with Crippen molar-refractivity contribution in [1.29, 1.82) is 0 Å². The first-order valence-corrected chi connectivity index (χ1v) is 5.90. The Bertz CT molecular complexity index is 624. The van der Waals surface area contributed by atoms with E-state index in [0.29, 0.717) is 0 Å². The molecule has 92 valence electrons. The zero-order chi connectivity index (χ0) is 13.3. The quantitative estimate of drug-likeness (QED) is 0.487. The molecule has 0 amide bonds. The zero-order valence-electron chi connectivity index (χ0n) is 10.3. The van der Waals surface area contributed by atoms with Crippen molar-refractivity contribution in [2.24, 2.45) is 0 Å². The van der Waals surface area contributed by atoms with Gasteiger partial charge in [0.05, 0.1) is 6.61 Å². The largest absolute Gasteiger partial charge is 0.392 e. The van der Waals surface area contributed by atoms with E-state index in [2.05, 4.69) is 35.5 Å². The Morgan fingerprint density at radius 1 is 1.11 bits per heavy atom. The average Bonchev–Trinajstić information content (AvgIpc) is 3.20. The predicted molar refractivity (Wildman–Crippen MR) is 73.8 cm³/mol. The van der Waals surface area contributed by atoms with Gasteiger partial charge in [0, 0.05) is 5.56 Å². The van der Waals surface area contributed by atoms with Gasteiger partial charge in [0.15, 0.2) is 0 Å². The third kappa shape index (κ3) is 4.74. The number of hydrogen-bond donors (Lipinski definition) is 1. The van der Waals surface area contributed by atoms with Crippen molar-refractivity contribution in [3.8, 4) is 35.5 Å². The summed E-state index contributed by atoms with van der Waals surface area (Å²) in [7, 11) is 0. The maximum absolute atomic E-state index is 8.58. The zero-order valence-corrected chi connectivity index (χ0v) is 10.3. The molecule has 0 aliphatic carbocycles. The fraction of sp³-hybridized carbons (Fsp3) is 0.176. The minimum atomic E-state index is -0.0980. The van der Waals surface area contributed by atoms with Gasteiger partial charge in [-0.1, -0.05) is 42.2 Å². The van der Waals surface area contributed by atoms with Crippen LogP contribution in [0.3, 0.4) is 0 Å². The highest BCUT2D eigenvalue weighted by Crippen LogP contribution is 2.21. The van der Waals surface area contributed by atoms with Crippen molar-refractivity contribution in [2.75, 3.05) is 6.61 Å². The fourth-order valence-corrected chi connectivity index (χ4v) is 1.38. The van der Waals surface area contributed by atoms with Crippen LogP contribution in [0.1, 0.15) is 5.56 Å². The predicted octanol–water partition coefficient (Wildman–Crippen LogP) is 1.36. The van der Waals surface area contributed by atoms with Crippen LogP contribution in [0.4, 0.5) is 0 Å². The highest BCUT2D eigenvalue weighted by molar-refractivity contribution is 5.43. The van der Waals surface area contributed by atoms with Crippen molar-refractivity contribution < 1.29 is 9.84 Å². The first-order valence-electron chi connectivity index (χ1n) is 5.90. The number of hydrogen-bond acceptors (Lipinski definition) is 2. The summed E-state index contributed by atoms with van der Waals surface area (Å²) >= 11 is 0. The Labute approximate surface area is 113 Å². The minimum Gasteiger partial charge on any atom is -0.392 e. The van der Waals surface area contributed by atoms with E-state index in [1.165, 1.54) is 0 Å². The number of ether oxygens (including phenoxy) is 1. The Hall–Kier alpha value is -2.44. The minimum absolute atomic E-state index is 0.00291. The molecule has 0 saturated carbocycles. The van der Waals surface area contributed by atoms with Gasteiger partial charge in [-0.25, -0.2) is 0 Å². The lowest BCUT2D eigenvalue weighted by atomic mass is 10.2. The first-order chi connectivity index (χ1) is 9.40. The van der Waals surface area contributed by atoms with Gasteiger partial charge in [-0.15, -0.1) is 0 Å². The highest BCUT2D eigenvalue weighted by atomic mass is 16.6. The third-order valence-electron chi connectivity index (χ3n) is 2.34. The average molecular weight is 248 g/mol. The number of rotatable bonds is 2. The summed E-state index contributed by atoms with van der Waals surface area (Å²) < 4.78 is 5.22.